The van der Waals surface area contributed by atoms with Crippen LogP contribution in [0.2, 0.25) is 0 Å². The van der Waals surface area contributed by atoms with E-state index in [4.69, 9.17) is 5.41 Å². The van der Waals surface area contributed by atoms with Gasteiger partial charge < -0.3 is 10.7 Å². The van der Waals surface area contributed by atoms with Gasteiger partial charge in [0.2, 0.25) is 0 Å². The van der Waals surface area contributed by atoms with E-state index < -0.39 is 0 Å². The molecule has 1 saturated carbocycles. The first-order valence-electron chi connectivity index (χ1n) is 10.5. The lowest BCUT2D eigenvalue weighted by atomic mass is 9.88. The molecule has 30 heavy (non-hydrogen) atoms. The summed E-state index contributed by atoms with van der Waals surface area (Å²) >= 11 is 0. The van der Waals surface area contributed by atoms with E-state index in [1.54, 1.807) is 12.1 Å². The summed E-state index contributed by atoms with van der Waals surface area (Å²) in [6.07, 6.45) is 2.65. The average Bonchev–Trinajstić information content (AvgIpc) is 3.32. The predicted molar refractivity (Wildman–Crippen MR) is 120 cm³/mol. The Hall–Kier alpha value is -2.98. The molecule has 3 aromatic rings. The van der Waals surface area contributed by atoms with Crippen LogP contribution in [0.3, 0.4) is 0 Å². The van der Waals surface area contributed by atoms with Gasteiger partial charge in [0, 0.05) is 48.2 Å². The number of anilines is 2. The van der Waals surface area contributed by atoms with Gasteiger partial charge in [0.1, 0.15) is 5.82 Å². The van der Waals surface area contributed by atoms with Gasteiger partial charge in [-0.05, 0) is 72.4 Å². The van der Waals surface area contributed by atoms with Gasteiger partial charge in [0.15, 0.2) is 0 Å². The molecule has 1 saturated heterocycles. The molecule has 1 aliphatic heterocycles. The molecule has 2 N–H and O–H groups in total. The quantitative estimate of drug-likeness (QED) is 0.526. The van der Waals surface area contributed by atoms with Gasteiger partial charge >= 0.3 is 0 Å². The monoisotopic (exact) mass is 399 g/mol. The van der Waals surface area contributed by atoms with Crippen molar-refractivity contribution in [3.63, 3.8) is 0 Å². The van der Waals surface area contributed by atoms with Crippen LogP contribution in [0.4, 0.5) is 15.8 Å². The van der Waals surface area contributed by atoms with E-state index in [9.17, 15) is 4.39 Å². The van der Waals surface area contributed by atoms with Crippen molar-refractivity contribution in [3.8, 4) is 0 Å². The van der Waals surface area contributed by atoms with Gasteiger partial charge in [-0.2, -0.15) is 0 Å². The number of hydrogen-bond donors (Lipinski definition) is 2. The highest BCUT2D eigenvalue weighted by molar-refractivity contribution is 5.88. The van der Waals surface area contributed by atoms with Crippen LogP contribution in [0.25, 0.3) is 0 Å². The Morgan fingerprint density at radius 3 is 2.63 bits per heavy atom. The Kier molecular flexibility index (Phi) is 4.67. The van der Waals surface area contributed by atoms with E-state index >= 15 is 0 Å². The van der Waals surface area contributed by atoms with E-state index in [2.05, 4.69) is 59.6 Å². The lowest BCUT2D eigenvalue weighted by Crippen LogP contribution is -2.26. The maximum atomic E-state index is 13.2. The summed E-state index contributed by atoms with van der Waals surface area (Å²) in [6, 6.07) is 21.4. The summed E-state index contributed by atoms with van der Waals surface area (Å²) in [4.78, 5) is 2.57. The van der Waals surface area contributed by atoms with Crippen LogP contribution >= 0.6 is 0 Å². The molecule has 4 heteroatoms. The Morgan fingerprint density at radius 2 is 1.90 bits per heavy atom. The highest BCUT2D eigenvalue weighted by Crippen LogP contribution is 2.60. The predicted octanol–water partition coefficient (Wildman–Crippen LogP) is 5.65. The first-order chi connectivity index (χ1) is 14.6. The minimum Gasteiger partial charge on any atom is -0.355 e. The van der Waals surface area contributed by atoms with Gasteiger partial charge in [-0.15, -0.1) is 0 Å². The van der Waals surface area contributed by atoms with Crippen LogP contribution in [0.1, 0.15) is 28.7 Å². The Balaban J connectivity index is 1.39. The zero-order valence-electron chi connectivity index (χ0n) is 17.2. The van der Waals surface area contributed by atoms with Crippen molar-refractivity contribution < 1.29 is 4.39 Å². The van der Waals surface area contributed by atoms with E-state index in [1.165, 1.54) is 41.5 Å². The van der Waals surface area contributed by atoms with Crippen molar-refractivity contribution in [2.75, 3.05) is 18.4 Å². The summed E-state index contributed by atoms with van der Waals surface area (Å²) in [5.41, 5.74) is 6.83. The van der Waals surface area contributed by atoms with Crippen LogP contribution in [0.15, 0.2) is 66.7 Å². The van der Waals surface area contributed by atoms with Crippen molar-refractivity contribution in [2.45, 2.75) is 25.3 Å². The third-order valence-electron chi connectivity index (χ3n) is 6.68. The lowest BCUT2D eigenvalue weighted by molar-refractivity contribution is 0.290. The molecule has 2 atom stereocenters. The van der Waals surface area contributed by atoms with E-state index in [0.717, 1.165) is 36.6 Å². The summed E-state index contributed by atoms with van der Waals surface area (Å²) in [5, 5.41) is 11.3. The molecular formula is C26H26FN3. The van der Waals surface area contributed by atoms with Crippen molar-refractivity contribution in [3.05, 3.63) is 94.8 Å². The van der Waals surface area contributed by atoms with Crippen LogP contribution in [-0.2, 0) is 12.0 Å². The van der Waals surface area contributed by atoms with E-state index in [1.807, 2.05) is 0 Å². The highest BCUT2D eigenvalue weighted by atomic mass is 19.1. The number of nitrogens with one attached hydrogen (secondary N) is 2. The molecule has 0 bridgehead atoms. The summed E-state index contributed by atoms with van der Waals surface area (Å²) in [7, 11) is 0. The van der Waals surface area contributed by atoms with Gasteiger partial charge in [-0.25, -0.2) is 4.39 Å². The van der Waals surface area contributed by atoms with Gasteiger partial charge in [0.25, 0.3) is 0 Å². The molecule has 2 fully saturated rings. The first-order valence-corrected chi connectivity index (χ1v) is 10.5. The number of nitrogens with zero attached hydrogens (tertiary/aromatic N) is 1. The van der Waals surface area contributed by atoms with E-state index in [-0.39, 0.29) is 11.2 Å². The Labute approximate surface area is 177 Å². The zero-order valence-corrected chi connectivity index (χ0v) is 17.2. The highest BCUT2D eigenvalue weighted by Gasteiger charge is 2.61. The number of piperidine rings is 1. The van der Waals surface area contributed by atoms with Crippen LogP contribution in [0, 0.1) is 24.1 Å². The molecule has 3 nitrogen and oxygen atoms in total. The Morgan fingerprint density at radius 1 is 1.13 bits per heavy atom. The third kappa shape index (κ3) is 3.41. The number of rotatable bonds is 6. The fraction of sp³-hybridized carbons (Fsp3) is 0.269. The van der Waals surface area contributed by atoms with E-state index in [0.29, 0.717) is 5.92 Å². The molecule has 1 heterocycles. The third-order valence-corrected chi connectivity index (χ3v) is 6.68. The smallest absolute Gasteiger partial charge is 0.123 e. The second kappa shape index (κ2) is 7.37. The molecule has 0 spiro atoms. The van der Waals surface area contributed by atoms with Crippen LogP contribution in [0.5, 0.6) is 0 Å². The number of hydrogen-bond acceptors (Lipinski definition) is 3. The molecule has 0 amide bonds. The number of aryl methyl sites for hydroxylation is 1. The van der Waals surface area contributed by atoms with Crippen LogP contribution in [-0.4, -0.2) is 24.2 Å². The molecule has 0 radical (unpaired) electrons. The number of halogens is 1. The normalized spacial score (nSPS) is 22.5. The number of fused-ring (bicyclic) bond motifs is 1. The number of likely N-dealkylation sites (tertiary alicyclic amines) is 1. The molecule has 152 valence electrons. The van der Waals surface area contributed by atoms with Gasteiger partial charge in [0.05, 0.1) is 0 Å². The maximum Gasteiger partial charge on any atom is 0.123 e. The molecule has 2 aliphatic rings. The first kappa shape index (κ1) is 19.0. The average molecular weight is 400 g/mol. The second-order valence-corrected chi connectivity index (χ2v) is 8.74. The standard InChI is InChI=1S/C26H26FN3/c1-18-11-25(29-23-9-7-22(27)8-10-23)20(14-28)12-24(18)26-13-21(26)16-30(17-26)15-19-5-3-2-4-6-19/h2-12,14,21,28-29H,13,15-17H2,1H3/t21?,26-/m0/s1. The van der Waals surface area contributed by atoms with Gasteiger partial charge in [-0.3, -0.25) is 4.90 Å². The fourth-order valence-electron chi connectivity index (χ4n) is 5.14. The van der Waals surface area contributed by atoms with Gasteiger partial charge in [-0.1, -0.05) is 30.3 Å². The van der Waals surface area contributed by atoms with Crippen molar-refractivity contribution >= 4 is 17.6 Å². The van der Waals surface area contributed by atoms with Crippen molar-refractivity contribution in [1.82, 2.24) is 4.90 Å². The lowest BCUT2D eigenvalue weighted by Gasteiger charge is -2.23. The zero-order chi connectivity index (χ0) is 20.7. The SMILES string of the molecule is Cc1cc(Nc2ccc(F)cc2)c(C=N)cc1[C@]12CC1CN(Cc1ccccc1)C2. The molecule has 3 aromatic carbocycles. The Bertz CT molecular complexity index is 1080. The minimum atomic E-state index is -0.250. The molecule has 5 rings (SSSR count). The summed E-state index contributed by atoms with van der Waals surface area (Å²) in [6.45, 7) is 5.39. The largest absolute Gasteiger partial charge is 0.355 e. The van der Waals surface area contributed by atoms with Crippen molar-refractivity contribution in [1.29, 1.82) is 5.41 Å². The van der Waals surface area contributed by atoms with Crippen LogP contribution < -0.4 is 5.32 Å². The van der Waals surface area contributed by atoms with Crippen molar-refractivity contribution in [2.24, 2.45) is 5.92 Å². The molecule has 0 aromatic heterocycles. The molecular weight excluding hydrogens is 373 g/mol. The molecule has 1 unspecified atom stereocenters. The maximum absolute atomic E-state index is 13.2. The summed E-state index contributed by atoms with van der Waals surface area (Å²) < 4.78 is 13.2. The summed E-state index contributed by atoms with van der Waals surface area (Å²) in [5.74, 6) is 0.453. The topological polar surface area (TPSA) is 39.1 Å². The number of benzene rings is 3. The molecule has 1 aliphatic carbocycles. The fourth-order valence-corrected chi connectivity index (χ4v) is 5.14. The second-order valence-electron chi connectivity index (χ2n) is 8.74. The minimum absolute atomic E-state index is 0.227.